The van der Waals surface area contributed by atoms with Gasteiger partial charge >= 0.3 is 12.1 Å². The quantitative estimate of drug-likeness (QED) is 0.874. The smallest absolute Gasteiger partial charge is 0.389 e. The number of nitrogens with one attached hydrogen (secondary N) is 1. The van der Waals surface area contributed by atoms with Gasteiger partial charge in [-0.15, -0.1) is 0 Å². The van der Waals surface area contributed by atoms with Gasteiger partial charge in [0.25, 0.3) is 5.91 Å². The molecule has 110 valence electrons. The largest absolute Gasteiger partial charge is 0.480 e. The first-order valence-corrected chi connectivity index (χ1v) is 5.88. The average molecular weight is 289 g/mol. The molecule has 0 heterocycles. The summed E-state index contributed by atoms with van der Waals surface area (Å²) in [5.74, 6) is -1.75. The van der Waals surface area contributed by atoms with Crippen LogP contribution in [-0.2, 0) is 11.2 Å². The molecule has 0 saturated carbocycles. The van der Waals surface area contributed by atoms with Crippen molar-refractivity contribution in [3.8, 4) is 0 Å². The Bertz CT molecular complexity index is 483. The summed E-state index contributed by atoms with van der Waals surface area (Å²) in [7, 11) is 0. The molecular weight excluding hydrogens is 275 g/mol. The second-order valence-electron chi connectivity index (χ2n) is 4.35. The summed E-state index contributed by atoms with van der Waals surface area (Å²) in [5.41, 5.74) is 0.666. The third kappa shape index (κ3) is 5.29. The molecule has 7 heteroatoms. The van der Waals surface area contributed by atoms with Crippen LogP contribution in [0.25, 0.3) is 0 Å². The summed E-state index contributed by atoms with van der Waals surface area (Å²) in [5, 5.41) is 10.9. The number of aryl methyl sites for hydroxylation is 1. The molecule has 0 aliphatic heterocycles. The van der Waals surface area contributed by atoms with Crippen molar-refractivity contribution < 1.29 is 27.9 Å². The lowest BCUT2D eigenvalue weighted by atomic mass is 10.1. The van der Waals surface area contributed by atoms with Gasteiger partial charge in [0.15, 0.2) is 0 Å². The van der Waals surface area contributed by atoms with E-state index in [0.717, 1.165) is 0 Å². The van der Waals surface area contributed by atoms with Gasteiger partial charge in [-0.1, -0.05) is 12.1 Å². The van der Waals surface area contributed by atoms with Crippen molar-refractivity contribution in [3.05, 3.63) is 35.4 Å². The van der Waals surface area contributed by atoms with Crippen LogP contribution in [0.4, 0.5) is 13.2 Å². The lowest BCUT2D eigenvalue weighted by Gasteiger charge is -2.10. The van der Waals surface area contributed by atoms with Gasteiger partial charge in [0.2, 0.25) is 0 Å². The number of alkyl halides is 3. The lowest BCUT2D eigenvalue weighted by molar-refractivity contribution is -0.138. The first-order valence-electron chi connectivity index (χ1n) is 5.88. The van der Waals surface area contributed by atoms with E-state index in [2.05, 4.69) is 5.32 Å². The Kier molecular flexibility index (Phi) is 5.12. The molecule has 0 spiro atoms. The highest BCUT2D eigenvalue weighted by Crippen LogP contribution is 2.22. The Balaban J connectivity index is 2.62. The molecule has 2 N–H and O–H groups in total. The Hall–Kier alpha value is -2.05. The van der Waals surface area contributed by atoms with Crippen molar-refractivity contribution >= 4 is 11.9 Å². The molecule has 0 unspecified atom stereocenters. The number of carbonyl (C=O) groups is 2. The predicted molar refractivity (Wildman–Crippen MR) is 65.4 cm³/mol. The maximum Gasteiger partial charge on any atom is 0.389 e. The van der Waals surface area contributed by atoms with E-state index in [1.807, 2.05) is 0 Å². The molecule has 0 aromatic heterocycles. The molecule has 1 rings (SSSR count). The summed E-state index contributed by atoms with van der Waals surface area (Å²) in [6, 6.07) is 4.55. The number of aliphatic carboxylic acids is 1. The number of amides is 1. The van der Waals surface area contributed by atoms with E-state index in [-0.39, 0.29) is 12.0 Å². The van der Waals surface area contributed by atoms with E-state index >= 15 is 0 Å². The minimum Gasteiger partial charge on any atom is -0.480 e. The molecule has 4 nitrogen and oxygen atoms in total. The van der Waals surface area contributed by atoms with Crippen molar-refractivity contribution in [1.29, 1.82) is 0 Å². The molecule has 0 aliphatic carbocycles. The molecular formula is C13H14F3NO3. The highest BCUT2D eigenvalue weighted by Gasteiger charge is 2.26. The van der Waals surface area contributed by atoms with Crippen LogP contribution < -0.4 is 5.32 Å². The van der Waals surface area contributed by atoms with Crippen molar-refractivity contribution in [2.24, 2.45) is 0 Å². The van der Waals surface area contributed by atoms with Gasteiger partial charge in [-0.3, -0.25) is 9.59 Å². The average Bonchev–Trinajstić information content (AvgIpc) is 2.35. The van der Waals surface area contributed by atoms with Gasteiger partial charge in [0.1, 0.15) is 6.04 Å². The molecule has 0 fully saturated rings. The van der Waals surface area contributed by atoms with Gasteiger partial charge in [0, 0.05) is 12.0 Å². The van der Waals surface area contributed by atoms with Crippen molar-refractivity contribution in [2.45, 2.75) is 32.0 Å². The van der Waals surface area contributed by atoms with Crippen LogP contribution in [0.5, 0.6) is 0 Å². The van der Waals surface area contributed by atoms with E-state index in [4.69, 9.17) is 5.11 Å². The zero-order valence-corrected chi connectivity index (χ0v) is 10.7. The number of carboxylic acids is 1. The van der Waals surface area contributed by atoms with Gasteiger partial charge < -0.3 is 10.4 Å². The van der Waals surface area contributed by atoms with Gasteiger partial charge in [-0.2, -0.15) is 13.2 Å². The fourth-order valence-electron chi connectivity index (χ4n) is 1.45. The highest BCUT2D eigenvalue weighted by atomic mass is 19.4. The molecule has 0 radical (unpaired) electrons. The van der Waals surface area contributed by atoms with E-state index in [1.54, 1.807) is 0 Å². The van der Waals surface area contributed by atoms with E-state index in [0.29, 0.717) is 5.56 Å². The Morgan fingerprint density at radius 1 is 1.25 bits per heavy atom. The lowest BCUT2D eigenvalue weighted by Crippen LogP contribution is -2.38. The third-order valence-electron chi connectivity index (χ3n) is 2.63. The Labute approximate surface area is 113 Å². The second kappa shape index (κ2) is 6.40. The van der Waals surface area contributed by atoms with E-state index in [9.17, 15) is 22.8 Å². The highest BCUT2D eigenvalue weighted by molar-refractivity contribution is 5.96. The number of rotatable bonds is 5. The van der Waals surface area contributed by atoms with Crippen LogP contribution >= 0.6 is 0 Å². The summed E-state index contributed by atoms with van der Waals surface area (Å²) < 4.78 is 36.1. The molecule has 0 bridgehead atoms. The number of halogens is 3. The molecule has 1 aromatic rings. The number of hydrogen-bond donors (Lipinski definition) is 2. The van der Waals surface area contributed by atoms with Crippen LogP contribution in [0.15, 0.2) is 24.3 Å². The zero-order chi connectivity index (χ0) is 15.3. The van der Waals surface area contributed by atoms with E-state index < -0.39 is 30.5 Å². The minimum absolute atomic E-state index is 0.156. The van der Waals surface area contributed by atoms with Gasteiger partial charge in [-0.05, 0) is 31.0 Å². The standard InChI is InChI=1S/C13H14F3NO3/c1-8(12(19)20)17-11(18)10-4-2-9(3-5-10)6-7-13(14,15)16/h2-5,8H,6-7H2,1H3,(H,17,18)(H,19,20)/t8-/m1/s1. The van der Waals surface area contributed by atoms with Crippen LogP contribution in [0, 0.1) is 0 Å². The Morgan fingerprint density at radius 3 is 2.25 bits per heavy atom. The van der Waals surface area contributed by atoms with Gasteiger partial charge in [-0.25, -0.2) is 0 Å². The number of carboxylic acid groups (broad SMARTS) is 1. The van der Waals surface area contributed by atoms with Crippen molar-refractivity contribution in [2.75, 3.05) is 0 Å². The molecule has 20 heavy (non-hydrogen) atoms. The SMILES string of the molecule is C[C@@H](NC(=O)c1ccc(CCC(F)(F)F)cc1)C(=O)O. The fourth-order valence-corrected chi connectivity index (χ4v) is 1.45. The van der Waals surface area contributed by atoms with Crippen molar-refractivity contribution in [1.82, 2.24) is 5.32 Å². The normalized spacial score (nSPS) is 12.8. The minimum atomic E-state index is -4.22. The van der Waals surface area contributed by atoms with Crippen LogP contribution in [0.3, 0.4) is 0 Å². The maximum atomic E-state index is 12.0. The van der Waals surface area contributed by atoms with Gasteiger partial charge in [0.05, 0.1) is 0 Å². The number of benzene rings is 1. The van der Waals surface area contributed by atoms with Crippen molar-refractivity contribution in [3.63, 3.8) is 0 Å². The summed E-state index contributed by atoms with van der Waals surface area (Å²) in [6.07, 6.45) is -5.29. The maximum absolute atomic E-state index is 12.0. The summed E-state index contributed by atoms with van der Waals surface area (Å²) in [4.78, 5) is 22.2. The first kappa shape index (κ1) is 16.0. The molecule has 0 aliphatic rings. The Morgan fingerprint density at radius 2 is 1.80 bits per heavy atom. The third-order valence-corrected chi connectivity index (χ3v) is 2.63. The monoisotopic (exact) mass is 289 g/mol. The molecule has 1 aromatic carbocycles. The molecule has 1 amide bonds. The number of hydrogen-bond acceptors (Lipinski definition) is 2. The zero-order valence-electron chi connectivity index (χ0n) is 10.7. The summed E-state index contributed by atoms with van der Waals surface area (Å²) in [6.45, 7) is 1.32. The summed E-state index contributed by atoms with van der Waals surface area (Å²) >= 11 is 0. The number of carbonyl (C=O) groups excluding carboxylic acids is 1. The first-order chi connectivity index (χ1) is 9.19. The molecule has 0 saturated heterocycles. The van der Waals surface area contributed by atoms with Crippen LogP contribution in [0.2, 0.25) is 0 Å². The van der Waals surface area contributed by atoms with Crippen LogP contribution in [-0.4, -0.2) is 29.2 Å². The van der Waals surface area contributed by atoms with E-state index in [1.165, 1.54) is 31.2 Å². The fraction of sp³-hybridized carbons (Fsp3) is 0.385. The predicted octanol–water partition coefficient (Wildman–Crippen LogP) is 2.38. The molecule has 1 atom stereocenters. The topological polar surface area (TPSA) is 66.4 Å². The second-order valence-corrected chi connectivity index (χ2v) is 4.35. The van der Waals surface area contributed by atoms with Crippen LogP contribution in [0.1, 0.15) is 29.3 Å².